The summed E-state index contributed by atoms with van der Waals surface area (Å²) < 4.78 is 10.4. The lowest BCUT2D eigenvalue weighted by Gasteiger charge is -2.37. The minimum absolute atomic E-state index is 0.0670. The maximum atomic E-state index is 12.5. The SMILES string of the molecule is CCOC(=O)c1c(C#N)c2c(O)c3c4c(c2oc1=O)CCCN4CCC3. The van der Waals surface area contributed by atoms with Gasteiger partial charge in [0.05, 0.1) is 23.2 Å². The highest BCUT2D eigenvalue weighted by Gasteiger charge is 2.33. The number of aryl methyl sites for hydroxylation is 1. The average molecular weight is 354 g/mol. The fourth-order valence-electron chi connectivity index (χ4n) is 4.11. The number of hydrogen-bond acceptors (Lipinski definition) is 7. The number of phenolic OH excluding ortho intramolecular Hbond substituents is 1. The van der Waals surface area contributed by atoms with Crippen molar-refractivity contribution in [2.75, 3.05) is 24.6 Å². The molecule has 1 aromatic heterocycles. The number of rotatable bonds is 2. The van der Waals surface area contributed by atoms with Crippen molar-refractivity contribution in [2.45, 2.75) is 32.6 Å². The van der Waals surface area contributed by atoms with Crippen LogP contribution in [-0.2, 0) is 17.6 Å². The molecule has 2 aliphatic heterocycles. The van der Waals surface area contributed by atoms with Gasteiger partial charge >= 0.3 is 11.6 Å². The number of ether oxygens (including phenoxy) is 1. The van der Waals surface area contributed by atoms with Crippen LogP contribution in [0.25, 0.3) is 11.0 Å². The van der Waals surface area contributed by atoms with Crippen molar-refractivity contribution in [3.8, 4) is 11.8 Å². The molecule has 0 aliphatic carbocycles. The van der Waals surface area contributed by atoms with E-state index in [1.165, 1.54) is 0 Å². The number of esters is 1. The van der Waals surface area contributed by atoms with Crippen LogP contribution in [0.1, 0.15) is 46.8 Å². The van der Waals surface area contributed by atoms with Crippen molar-refractivity contribution in [2.24, 2.45) is 0 Å². The molecule has 0 atom stereocenters. The molecule has 0 bridgehead atoms. The summed E-state index contributed by atoms with van der Waals surface area (Å²) in [6.07, 6.45) is 3.17. The van der Waals surface area contributed by atoms with Crippen molar-refractivity contribution in [3.05, 3.63) is 32.7 Å². The third kappa shape index (κ3) is 2.18. The highest BCUT2D eigenvalue weighted by Crippen LogP contribution is 2.46. The highest BCUT2D eigenvalue weighted by atomic mass is 16.5. The van der Waals surface area contributed by atoms with Gasteiger partial charge in [0.25, 0.3) is 0 Å². The van der Waals surface area contributed by atoms with E-state index in [4.69, 9.17) is 9.15 Å². The van der Waals surface area contributed by atoms with E-state index in [0.29, 0.717) is 12.8 Å². The lowest BCUT2D eigenvalue weighted by atomic mass is 9.87. The van der Waals surface area contributed by atoms with E-state index in [9.17, 15) is 20.0 Å². The second-order valence-electron chi connectivity index (χ2n) is 6.52. The highest BCUT2D eigenvalue weighted by molar-refractivity contribution is 6.03. The summed E-state index contributed by atoms with van der Waals surface area (Å²) in [6.45, 7) is 3.46. The van der Waals surface area contributed by atoms with Crippen LogP contribution in [0, 0.1) is 11.3 Å². The number of nitriles is 1. The predicted octanol–water partition coefficient (Wildman–Crippen LogP) is 2.25. The van der Waals surface area contributed by atoms with Gasteiger partial charge in [-0.25, -0.2) is 9.59 Å². The largest absolute Gasteiger partial charge is 0.507 e. The Hall–Kier alpha value is -3.01. The first-order chi connectivity index (χ1) is 12.6. The standard InChI is InChI=1S/C19H18N2O5/c1-2-25-18(23)14-12(9-20)13-16(22)10-5-3-7-21-8-4-6-11(15(10)21)17(13)26-19(14)24/h22H,2-8H2,1H3. The number of hydrogen-bond donors (Lipinski definition) is 1. The number of phenols is 1. The van der Waals surface area contributed by atoms with Crippen molar-refractivity contribution < 1.29 is 19.1 Å². The molecule has 0 amide bonds. The van der Waals surface area contributed by atoms with Crippen LogP contribution >= 0.6 is 0 Å². The maximum absolute atomic E-state index is 12.5. The number of benzene rings is 1. The van der Waals surface area contributed by atoms with E-state index >= 15 is 0 Å². The van der Waals surface area contributed by atoms with Crippen molar-refractivity contribution in [3.63, 3.8) is 0 Å². The number of aromatic hydroxyl groups is 1. The summed E-state index contributed by atoms with van der Waals surface area (Å²) in [7, 11) is 0. The Labute approximate surface area is 149 Å². The molecule has 2 aliphatic rings. The minimum Gasteiger partial charge on any atom is -0.507 e. The van der Waals surface area contributed by atoms with E-state index < -0.39 is 17.2 Å². The lowest BCUT2D eigenvalue weighted by molar-refractivity contribution is 0.0521. The predicted molar refractivity (Wildman–Crippen MR) is 93.7 cm³/mol. The smallest absolute Gasteiger partial charge is 0.352 e. The van der Waals surface area contributed by atoms with Crippen LogP contribution in [0.2, 0.25) is 0 Å². The van der Waals surface area contributed by atoms with E-state index in [2.05, 4.69) is 4.90 Å². The van der Waals surface area contributed by atoms with Gasteiger partial charge in [-0.05, 0) is 32.6 Å². The Bertz CT molecular complexity index is 1030. The molecule has 0 fully saturated rings. The topological polar surface area (TPSA) is 104 Å². The molecule has 2 aromatic rings. The molecule has 0 spiro atoms. The molecule has 0 unspecified atom stereocenters. The van der Waals surface area contributed by atoms with Crippen LogP contribution in [0.15, 0.2) is 9.21 Å². The van der Waals surface area contributed by atoms with E-state index in [-0.39, 0.29) is 28.9 Å². The number of nitrogens with zero attached hydrogens (tertiary/aromatic N) is 2. The summed E-state index contributed by atoms with van der Waals surface area (Å²) in [4.78, 5) is 26.8. The van der Waals surface area contributed by atoms with Gasteiger partial charge in [-0.15, -0.1) is 0 Å². The van der Waals surface area contributed by atoms with Gasteiger partial charge in [-0.3, -0.25) is 0 Å². The molecule has 26 heavy (non-hydrogen) atoms. The third-order valence-corrected chi connectivity index (χ3v) is 5.11. The van der Waals surface area contributed by atoms with Crippen LogP contribution in [-0.4, -0.2) is 30.8 Å². The monoisotopic (exact) mass is 354 g/mol. The molecular weight excluding hydrogens is 336 g/mol. The van der Waals surface area contributed by atoms with Gasteiger partial charge in [-0.2, -0.15) is 5.26 Å². The molecule has 0 saturated heterocycles. The number of anilines is 1. The maximum Gasteiger partial charge on any atom is 0.352 e. The first kappa shape index (κ1) is 16.5. The Morgan fingerprint density at radius 1 is 1.31 bits per heavy atom. The van der Waals surface area contributed by atoms with Crippen LogP contribution in [0.4, 0.5) is 5.69 Å². The van der Waals surface area contributed by atoms with Gasteiger partial charge in [-0.1, -0.05) is 0 Å². The normalized spacial score (nSPS) is 15.5. The summed E-state index contributed by atoms with van der Waals surface area (Å²) in [5.74, 6) is -0.983. The van der Waals surface area contributed by atoms with E-state index in [1.54, 1.807) is 6.92 Å². The lowest BCUT2D eigenvalue weighted by Crippen LogP contribution is -2.34. The first-order valence-corrected chi connectivity index (χ1v) is 8.78. The summed E-state index contributed by atoms with van der Waals surface area (Å²) in [6, 6.07) is 1.91. The number of carbonyl (C=O) groups is 1. The number of fused-ring (bicyclic) bond motifs is 2. The zero-order chi connectivity index (χ0) is 18.4. The molecule has 7 heteroatoms. The van der Waals surface area contributed by atoms with Gasteiger partial charge < -0.3 is 19.2 Å². The van der Waals surface area contributed by atoms with Gasteiger partial charge in [0.2, 0.25) is 0 Å². The molecular formula is C19H18N2O5. The Kier molecular flexibility index (Phi) is 3.83. The summed E-state index contributed by atoms with van der Waals surface area (Å²) >= 11 is 0. The quantitative estimate of drug-likeness (QED) is 0.651. The summed E-state index contributed by atoms with van der Waals surface area (Å²) in [5, 5.41) is 20.7. The number of carbonyl (C=O) groups excluding carboxylic acids is 1. The zero-order valence-corrected chi connectivity index (χ0v) is 14.4. The molecule has 7 nitrogen and oxygen atoms in total. The van der Waals surface area contributed by atoms with Crippen molar-refractivity contribution >= 4 is 22.6 Å². The van der Waals surface area contributed by atoms with Gasteiger partial charge in [0, 0.05) is 24.2 Å². The Morgan fingerprint density at radius 3 is 2.65 bits per heavy atom. The molecule has 1 aromatic carbocycles. The second kappa shape index (κ2) is 6.06. The van der Waals surface area contributed by atoms with Crippen LogP contribution in [0.3, 0.4) is 0 Å². The Balaban J connectivity index is 2.14. The van der Waals surface area contributed by atoms with Gasteiger partial charge in [0.15, 0.2) is 5.56 Å². The molecule has 0 radical (unpaired) electrons. The molecule has 0 saturated carbocycles. The first-order valence-electron chi connectivity index (χ1n) is 8.78. The second-order valence-corrected chi connectivity index (χ2v) is 6.52. The fourth-order valence-corrected chi connectivity index (χ4v) is 4.11. The van der Waals surface area contributed by atoms with E-state index in [1.807, 2.05) is 6.07 Å². The average Bonchev–Trinajstić information content (AvgIpc) is 2.64. The molecule has 4 rings (SSSR count). The minimum atomic E-state index is -0.910. The van der Waals surface area contributed by atoms with Crippen molar-refractivity contribution in [1.82, 2.24) is 0 Å². The molecule has 134 valence electrons. The molecule has 3 heterocycles. The molecule has 1 N–H and O–H groups in total. The zero-order valence-electron chi connectivity index (χ0n) is 14.4. The fraction of sp³-hybridized carbons (Fsp3) is 0.421. The summed E-state index contributed by atoms with van der Waals surface area (Å²) in [5.41, 5.74) is 1.20. The van der Waals surface area contributed by atoms with Gasteiger partial charge in [0.1, 0.15) is 17.4 Å². The third-order valence-electron chi connectivity index (χ3n) is 5.11. The van der Waals surface area contributed by atoms with Crippen LogP contribution < -0.4 is 10.5 Å². The van der Waals surface area contributed by atoms with Crippen molar-refractivity contribution in [1.29, 1.82) is 5.26 Å². The van der Waals surface area contributed by atoms with Crippen LogP contribution in [0.5, 0.6) is 5.75 Å². The Morgan fingerprint density at radius 2 is 2.00 bits per heavy atom. The van der Waals surface area contributed by atoms with E-state index in [0.717, 1.165) is 42.7 Å².